The van der Waals surface area contributed by atoms with E-state index in [4.69, 9.17) is 9.97 Å². The van der Waals surface area contributed by atoms with Gasteiger partial charge in [-0.3, -0.25) is 4.98 Å². The summed E-state index contributed by atoms with van der Waals surface area (Å²) < 4.78 is 0. The van der Waals surface area contributed by atoms with Crippen molar-refractivity contribution in [3.05, 3.63) is 188 Å². The number of benzene rings is 6. The summed E-state index contributed by atoms with van der Waals surface area (Å²) in [6.07, 6.45) is 1.80. The van der Waals surface area contributed by atoms with Crippen LogP contribution in [0.4, 0.5) is 0 Å². The molecule has 0 aliphatic carbocycles. The van der Waals surface area contributed by atoms with Crippen molar-refractivity contribution in [3.63, 3.8) is 0 Å². The molecule has 0 atom stereocenters. The highest BCUT2D eigenvalue weighted by Crippen LogP contribution is 2.34. The van der Waals surface area contributed by atoms with Gasteiger partial charge in [0.05, 0.1) is 28.1 Å². The van der Waals surface area contributed by atoms with Crippen molar-refractivity contribution < 1.29 is 0 Å². The van der Waals surface area contributed by atoms with E-state index in [1.807, 2.05) is 24.3 Å². The average Bonchev–Trinajstić information content (AvgIpc) is 3.52. The van der Waals surface area contributed by atoms with E-state index in [2.05, 4.69) is 163 Å². The molecule has 0 radical (unpaired) electrons. The van der Waals surface area contributed by atoms with Crippen molar-refractivity contribution >= 4 is 50.6 Å². The summed E-state index contributed by atoms with van der Waals surface area (Å²) in [5.41, 5.74) is 10.6. The van der Waals surface area contributed by atoms with Crippen LogP contribution in [0.15, 0.2) is 188 Å². The number of hydrogen-bond acceptors (Lipinski definition) is 3. The van der Waals surface area contributed by atoms with Crippen LogP contribution >= 0.6 is 0 Å². The van der Waals surface area contributed by atoms with Crippen molar-refractivity contribution in [3.8, 4) is 44.9 Å². The maximum atomic E-state index is 5.18. The first-order valence-electron chi connectivity index (χ1n) is 17.4. The fourth-order valence-corrected chi connectivity index (χ4v) is 13.2. The summed E-state index contributed by atoms with van der Waals surface area (Å²) in [4.78, 5) is 14.7. The van der Waals surface area contributed by atoms with Crippen LogP contribution in [0.3, 0.4) is 0 Å². The van der Waals surface area contributed by atoms with E-state index < -0.39 is 8.07 Å². The third-order valence-corrected chi connectivity index (χ3v) is 15.3. The van der Waals surface area contributed by atoms with Crippen molar-refractivity contribution in [1.82, 2.24) is 15.0 Å². The van der Waals surface area contributed by atoms with Gasteiger partial charge in [0.1, 0.15) is 0 Å². The van der Waals surface area contributed by atoms with Gasteiger partial charge in [-0.1, -0.05) is 152 Å². The van der Waals surface area contributed by atoms with E-state index in [9.17, 15) is 0 Å². The Balaban J connectivity index is 1.06. The molecule has 4 heteroatoms. The van der Waals surface area contributed by atoms with Crippen molar-refractivity contribution in [2.75, 3.05) is 0 Å². The minimum absolute atomic E-state index is 0.844. The van der Waals surface area contributed by atoms with Gasteiger partial charge in [0.2, 0.25) is 0 Å². The molecule has 1 aliphatic heterocycles. The predicted molar refractivity (Wildman–Crippen MR) is 214 cm³/mol. The largest absolute Gasteiger partial charge is 0.255 e. The van der Waals surface area contributed by atoms with Crippen LogP contribution in [0.2, 0.25) is 0 Å². The third kappa shape index (κ3) is 4.68. The number of fused-ring (bicyclic) bond motifs is 6. The zero-order valence-corrected chi connectivity index (χ0v) is 28.7. The molecule has 6 aromatic carbocycles. The topological polar surface area (TPSA) is 38.7 Å². The Morgan fingerprint density at radius 2 is 0.902 bits per heavy atom. The first-order chi connectivity index (χ1) is 25.3. The van der Waals surface area contributed by atoms with Crippen molar-refractivity contribution in [1.29, 1.82) is 0 Å². The van der Waals surface area contributed by atoms with Gasteiger partial charge in [-0.25, -0.2) is 9.97 Å². The maximum absolute atomic E-state index is 5.18. The highest BCUT2D eigenvalue weighted by Gasteiger charge is 2.48. The van der Waals surface area contributed by atoms with Crippen molar-refractivity contribution in [2.45, 2.75) is 0 Å². The molecule has 0 saturated heterocycles. The Kier molecular flexibility index (Phi) is 6.83. The first kappa shape index (κ1) is 29.4. The van der Waals surface area contributed by atoms with Crippen molar-refractivity contribution in [2.24, 2.45) is 0 Å². The molecule has 0 fully saturated rings. The minimum atomic E-state index is -2.48. The first-order valence-corrected chi connectivity index (χ1v) is 19.4. The Morgan fingerprint density at radius 1 is 0.353 bits per heavy atom. The molecule has 0 N–H and O–H groups in total. The van der Waals surface area contributed by atoms with Crippen LogP contribution in [-0.4, -0.2) is 23.0 Å². The van der Waals surface area contributed by atoms with Gasteiger partial charge in [-0.2, -0.15) is 0 Å². The molecule has 9 aromatic rings. The van der Waals surface area contributed by atoms with Crippen LogP contribution in [0.5, 0.6) is 0 Å². The van der Waals surface area contributed by atoms with Gasteiger partial charge < -0.3 is 0 Å². The summed E-state index contributed by atoms with van der Waals surface area (Å²) in [5.74, 6) is 0. The summed E-state index contributed by atoms with van der Waals surface area (Å²) in [7, 11) is -2.48. The van der Waals surface area contributed by atoms with Crippen LogP contribution in [0.25, 0.3) is 66.7 Å². The number of pyridine rings is 3. The average molecular weight is 666 g/mol. The summed E-state index contributed by atoms with van der Waals surface area (Å²) in [6.45, 7) is 0. The Hall–Kier alpha value is -6.49. The summed E-state index contributed by atoms with van der Waals surface area (Å²) in [6, 6.07) is 65.9. The lowest BCUT2D eigenvalue weighted by Crippen LogP contribution is -2.72. The van der Waals surface area contributed by atoms with Gasteiger partial charge in [0.15, 0.2) is 8.07 Å². The number of hydrogen-bond donors (Lipinski definition) is 0. The molecule has 0 spiro atoms. The lowest BCUT2D eigenvalue weighted by Gasteiger charge is -2.31. The second kappa shape index (κ2) is 11.8. The molecule has 3 aromatic heterocycles. The standard InChI is InChI=1S/C47H31N3Si/c1-3-11-37(12-4-1)51(38-13-5-2-6-14-38)44-17-8-7-15-39(44)40-31-36(26-29-45(40)51)32-18-20-33(21-19-32)41-27-24-34-22-23-35-25-28-43(42-16-9-10-30-48-42)50-47(35)46(34)49-41/h1-31H. The molecular formula is C47H31N3Si. The van der Waals surface area contributed by atoms with Gasteiger partial charge in [-0.05, 0) is 73.3 Å². The normalized spacial score (nSPS) is 12.9. The molecule has 0 bridgehead atoms. The maximum Gasteiger partial charge on any atom is 0.180 e. The van der Waals surface area contributed by atoms with Gasteiger partial charge in [0, 0.05) is 22.5 Å². The monoisotopic (exact) mass is 665 g/mol. The second-order valence-electron chi connectivity index (χ2n) is 13.2. The van der Waals surface area contributed by atoms with Crippen LogP contribution < -0.4 is 20.7 Å². The number of rotatable bonds is 5. The molecule has 0 unspecified atom stereocenters. The fourth-order valence-electron chi connectivity index (χ4n) is 8.05. The highest BCUT2D eigenvalue weighted by molar-refractivity contribution is 7.22. The zero-order valence-electron chi connectivity index (χ0n) is 27.7. The van der Waals surface area contributed by atoms with Crippen LogP contribution in [0.1, 0.15) is 0 Å². The number of aromatic nitrogens is 3. The molecule has 4 heterocycles. The molecule has 10 rings (SSSR count). The third-order valence-electron chi connectivity index (χ3n) is 10.4. The van der Waals surface area contributed by atoms with E-state index in [1.54, 1.807) is 6.20 Å². The van der Waals surface area contributed by atoms with E-state index in [0.717, 1.165) is 44.5 Å². The van der Waals surface area contributed by atoms with E-state index in [0.29, 0.717) is 0 Å². The molecular weight excluding hydrogens is 635 g/mol. The minimum Gasteiger partial charge on any atom is -0.255 e. The summed E-state index contributed by atoms with van der Waals surface area (Å²) in [5, 5.41) is 7.87. The SMILES string of the molecule is c1ccc([Si]2(c3ccccc3)c3ccccc3-c3cc(-c4ccc(-c5ccc6ccc7ccc(-c8ccccn8)nc7c6n5)cc4)ccc32)cc1. The molecule has 3 nitrogen and oxygen atoms in total. The van der Waals surface area contributed by atoms with E-state index in [1.165, 1.54) is 43.0 Å². The molecule has 238 valence electrons. The molecule has 51 heavy (non-hydrogen) atoms. The van der Waals surface area contributed by atoms with E-state index >= 15 is 0 Å². The predicted octanol–water partition coefficient (Wildman–Crippen LogP) is 8.54. The smallest absolute Gasteiger partial charge is 0.180 e. The van der Waals surface area contributed by atoms with E-state index in [-0.39, 0.29) is 0 Å². The lowest BCUT2D eigenvalue weighted by molar-refractivity contribution is 1.27. The Bertz CT molecular complexity index is 2690. The van der Waals surface area contributed by atoms with Gasteiger partial charge >= 0.3 is 0 Å². The quantitative estimate of drug-likeness (QED) is 0.137. The molecule has 0 saturated carbocycles. The van der Waals surface area contributed by atoms with Crippen LogP contribution in [0, 0.1) is 0 Å². The molecule has 0 amide bonds. The highest BCUT2D eigenvalue weighted by atomic mass is 28.3. The van der Waals surface area contributed by atoms with Gasteiger partial charge in [-0.15, -0.1) is 0 Å². The van der Waals surface area contributed by atoms with Crippen LogP contribution in [-0.2, 0) is 0 Å². The second-order valence-corrected chi connectivity index (χ2v) is 16.9. The lowest BCUT2D eigenvalue weighted by atomic mass is 9.98. The molecule has 1 aliphatic rings. The Labute approximate surface area is 297 Å². The van der Waals surface area contributed by atoms with Gasteiger partial charge in [0.25, 0.3) is 0 Å². The summed E-state index contributed by atoms with van der Waals surface area (Å²) >= 11 is 0. The number of nitrogens with zero attached hydrogens (tertiary/aromatic N) is 3. The zero-order chi connectivity index (χ0) is 33.8. The Morgan fingerprint density at radius 3 is 1.59 bits per heavy atom. The fraction of sp³-hybridized carbons (Fsp3) is 0.